The van der Waals surface area contributed by atoms with E-state index in [9.17, 15) is 14.4 Å². The van der Waals surface area contributed by atoms with Gasteiger partial charge >= 0.3 is 6.03 Å². The van der Waals surface area contributed by atoms with Crippen molar-refractivity contribution in [2.75, 3.05) is 26.4 Å². The van der Waals surface area contributed by atoms with E-state index < -0.39 is 17.8 Å². The first kappa shape index (κ1) is 11.0. The van der Waals surface area contributed by atoms with Gasteiger partial charge in [-0.3, -0.25) is 19.8 Å². The second kappa shape index (κ2) is 4.58. The molecular weight excluding hydrogens is 216 g/mol. The van der Waals surface area contributed by atoms with Crippen molar-refractivity contribution < 1.29 is 23.9 Å². The normalized spacial score (nSPS) is 26.9. The summed E-state index contributed by atoms with van der Waals surface area (Å²) in [4.78, 5) is 34.7. The number of imide groups is 2. The molecule has 4 amide bonds. The van der Waals surface area contributed by atoms with Gasteiger partial charge in [0.15, 0.2) is 0 Å². The van der Waals surface area contributed by atoms with Crippen molar-refractivity contribution in [3.63, 3.8) is 0 Å². The Morgan fingerprint density at radius 1 is 1.31 bits per heavy atom. The lowest BCUT2D eigenvalue weighted by molar-refractivity contribution is -0.140. The first-order valence-electron chi connectivity index (χ1n) is 5.00. The minimum atomic E-state index is -0.685. The lowest BCUT2D eigenvalue weighted by atomic mass is 10.2. The number of carbonyl (C=O) groups is 3. The molecule has 2 heterocycles. The van der Waals surface area contributed by atoms with Crippen LogP contribution in [0.2, 0.25) is 0 Å². The Morgan fingerprint density at radius 2 is 2.12 bits per heavy atom. The van der Waals surface area contributed by atoms with Gasteiger partial charge in [-0.15, -0.1) is 0 Å². The van der Waals surface area contributed by atoms with Crippen LogP contribution in [0, 0.1) is 0 Å². The number of nitrogens with one attached hydrogen (secondary N) is 1. The molecule has 16 heavy (non-hydrogen) atoms. The second-order valence-corrected chi connectivity index (χ2v) is 3.60. The van der Waals surface area contributed by atoms with Crippen molar-refractivity contribution in [2.24, 2.45) is 0 Å². The van der Waals surface area contributed by atoms with Crippen molar-refractivity contribution in [1.82, 2.24) is 10.2 Å². The summed E-state index contributed by atoms with van der Waals surface area (Å²) in [6.07, 6.45) is -0.601. The average molecular weight is 228 g/mol. The zero-order valence-corrected chi connectivity index (χ0v) is 8.60. The fourth-order valence-electron chi connectivity index (χ4n) is 1.61. The molecule has 2 fully saturated rings. The third-order valence-electron chi connectivity index (χ3n) is 2.38. The van der Waals surface area contributed by atoms with Crippen LogP contribution in [0.3, 0.4) is 0 Å². The molecule has 0 aromatic carbocycles. The highest BCUT2D eigenvalue weighted by molar-refractivity contribution is 6.14. The van der Waals surface area contributed by atoms with Crippen molar-refractivity contribution in [3.05, 3.63) is 0 Å². The van der Waals surface area contributed by atoms with E-state index in [1.807, 2.05) is 0 Å². The summed E-state index contributed by atoms with van der Waals surface area (Å²) in [5, 5.41) is 2.08. The van der Waals surface area contributed by atoms with Crippen LogP contribution >= 0.6 is 0 Å². The second-order valence-electron chi connectivity index (χ2n) is 3.60. The van der Waals surface area contributed by atoms with Gasteiger partial charge in [0, 0.05) is 0 Å². The van der Waals surface area contributed by atoms with Crippen molar-refractivity contribution in [3.8, 4) is 0 Å². The largest absolute Gasteiger partial charge is 0.376 e. The zero-order valence-electron chi connectivity index (χ0n) is 8.60. The fraction of sp³-hybridized carbons (Fsp3) is 0.667. The number of rotatable bonds is 2. The van der Waals surface area contributed by atoms with Crippen LogP contribution in [0.25, 0.3) is 0 Å². The van der Waals surface area contributed by atoms with Crippen LogP contribution in [-0.2, 0) is 19.1 Å². The molecule has 1 atom stereocenters. The molecule has 0 radical (unpaired) electrons. The van der Waals surface area contributed by atoms with E-state index in [4.69, 9.17) is 9.47 Å². The molecule has 2 aliphatic heterocycles. The van der Waals surface area contributed by atoms with Crippen LogP contribution in [0.5, 0.6) is 0 Å². The Hall–Kier alpha value is -1.47. The summed E-state index contributed by atoms with van der Waals surface area (Å²) in [6.45, 7) is 1.45. The van der Waals surface area contributed by atoms with E-state index in [2.05, 4.69) is 5.32 Å². The molecule has 7 nitrogen and oxygen atoms in total. The van der Waals surface area contributed by atoms with Crippen LogP contribution in [0.4, 0.5) is 4.79 Å². The lowest BCUT2D eigenvalue weighted by Crippen LogP contribution is -2.55. The number of hydrogen-bond donors (Lipinski definition) is 1. The maximum Gasteiger partial charge on any atom is 0.330 e. The number of nitrogens with zero attached hydrogens (tertiary/aromatic N) is 1. The zero-order chi connectivity index (χ0) is 11.5. The van der Waals surface area contributed by atoms with Crippen LogP contribution in [-0.4, -0.2) is 55.2 Å². The van der Waals surface area contributed by atoms with Crippen LogP contribution in [0.1, 0.15) is 6.42 Å². The molecule has 2 aliphatic rings. The Labute approximate surface area is 91.7 Å². The summed E-state index contributed by atoms with van der Waals surface area (Å²) in [7, 11) is 0. The standard InChI is InChI=1S/C9H12N2O5/c12-7-3-8(13)11(9(14)10-7)4-6-5-15-1-2-16-6/h6H,1-5H2,(H,10,12,14). The highest BCUT2D eigenvalue weighted by Crippen LogP contribution is 2.08. The topological polar surface area (TPSA) is 84.9 Å². The molecule has 0 aromatic heterocycles. The minimum absolute atomic E-state index is 0.123. The van der Waals surface area contributed by atoms with Gasteiger partial charge in [0.05, 0.1) is 32.5 Å². The third-order valence-corrected chi connectivity index (χ3v) is 2.38. The number of carbonyl (C=O) groups excluding carboxylic acids is 3. The molecule has 0 aliphatic carbocycles. The van der Waals surface area contributed by atoms with Gasteiger partial charge in [0.25, 0.3) is 0 Å². The Bertz CT molecular complexity index is 304. The van der Waals surface area contributed by atoms with E-state index in [-0.39, 0.29) is 19.1 Å². The first-order chi connectivity index (χ1) is 7.66. The molecule has 2 rings (SSSR count). The van der Waals surface area contributed by atoms with E-state index in [1.54, 1.807) is 0 Å². The number of ether oxygens (including phenoxy) is 2. The van der Waals surface area contributed by atoms with Crippen molar-refractivity contribution in [1.29, 1.82) is 0 Å². The third kappa shape index (κ3) is 2.37. The van der Waals surface area contributed by atoms with Gasteiger partial charge in [0.2, 0.25) is 11.8 Å². The number of amides is 4. The van der Waals surface area contributed by atoms with E-state index in [1.165, 1.54) is 0 Å². The van der Waals surface area contributed by atoms with Gasteiger partial charge in [-0.1, -0.05) is 0 Å². The van der Waals surface area contributed by atoms with Gasteiger partial charge in [0.1, 0.15) is 6.42 Å². The van der Waals surface area contributed by atoms with E-state index in [0.717, 1.165) is 4.90 Å². The number of barbiturate groups is 1. The Kier molecular flexibility index (Phi) is 3.16. The molecule has 2 saturated heterocycles. The highest BCUT2D eigenvalue weighted by atomic mass is 16.6. The highest BCUT2D eigenvalue weighted by Gasteiger charge is 2.33. The summed E-state index contributed by atoms with van der Waals surface area (Å²) >= 11 is 0. The first-order valence-corrected chi connectivity index (χ1v) is 5.00. The molecule has 0 bridgehead atoms. The predicted octanol–water partition coefficient (Wildman–Crippen LogP) is -1.13. The Balaban J connectivity index is 1.94. The van der Waals surface area contributed by atoms with Crippen molar-refractivity contribution in [2.45, 2.75) is 12.5 Å². The maximum atomic E-state index is 11.4. The summed E-state index contributed by atoms with van der Waals surface area (Å²) < 4.78 is 10.5. The summed E-state index contributed by atoms with van der Waals surface area (Å²) in [6, 6.07) is -0.685. The monoisotopic (exact) mass is 228 g/mol. The number of urea groups is 1. The van der Waals surface area contributed by atoms with E-state index >= 15 is 0 Å². The molecule has 1 unspecified atom stereocenters. The molecule has 88 valence electrons. The molecule has 1 N–H and O–H groups in total. The molecule has 0 aromatic rings. The van der Waals surface area contributed by atoms with Crippen molar-refractivity contribution >= 4 is 17.8 Å². The van der Waals surface area contributed by atoms with Gasteiger partial charge in [-0.05, 0) is 0 Å². The fourth-order valence-corrected chi connectivity index (χ4v) is 1.61. The maximum absolute atomic E-state index is 11.4. The smallest absolute Gasteiger partial charge is 0.330 e. The van der Waals surface area contributed by atoms with Crippen LogP contribution < -0.4 is 5.32 Å². The summed E-state index contributed by atoms with van der Waals surface area (Å²) in [5.41, 5.74) is 0. The summed E-state index contributed by atoms with van der Waals surface area (Å²) in [5.74, 6) is -1.06. The molecule has 0 spiro atoms. The quantitative estimate of drug-likeness (QED) is 0.604. The molecular formula is C9H12N2O5. The number of hydrogen-bond acceptors (Lipinski definition) is 5. The molecule has 7 heteroatoms. The predicted molar refractivity (Wildman–Crippen MR) is 50.4 cm³/mol. The van der Waals surface area contributed by atoms with Gasteiger partial charge < -0.3 is 9.47 Å². The van der Waals surface area contributed by atoms with Gasteiger partial charge in [-0.25, -0.2) is 4.79 Å². The van der Waals surface area contributed by atoms with Crippen LogP contribution in [0.15, 0.2) is 0 Å². The molecule has 0 saturated carbocycles. The van der Waals surface area contributed by atoms with E-state index in [0.29, 0.717) is 19.8 Å². The Morgan fingerprint density at radius 3 is 2.75 bits per heavy atom. The minimum Gasteiger partial charge on any atom is -0.376 e. The average Bonchev–Trinajstić information content (AvgIpc) is 2.25. The lowest BCUT2D eigenvalue weighted by Gasteiger charge is -2.30. The SMILES string of the molecule is O=C1CC(=O)N(CC2COCCO2)C(=O)N1. The van der Waals surface area contributed by atoms with Gasteiger partial charge in [-0.2, -0.15) is 0 Å².